The van der Waals surface area contributed by atoms with Crippen molar-refractivity contribution in [2.45, 2.75) is 6.61 Å². The largest absolute Gasteiger partial charge is 0.486 e. The second-order valence-electron chi connectivity index (χ2n) is 4.28. The van der Waals surface area contributed by atoms with E-state index in [1.807, 2.05) is 24.3 Å². The SMILES string of the molecule is O=C(O)/C=C/c1ccc(OCc2cccc(Br)c2)c(F)c1. The minimum absolute atomic E-state index is 0.127. The van der Waals surface area contributed by atoms with Crippen molar-refractivity contribution < 1.29 is 19.0 Å². The zero-order chi connectivity index (χ0) is 15.2. The van der Waals surface area contributed by atoms with Crippen molar-refractivity contribution in [3.8, 4) is 5.75 Å². The zero-order valence-corrected chi connectivity index (χ0v) is 12.5. The predicted molar refractivity (Wildman–Crippen MR) is 81.5 cm³/mol. The molecule has 0 fully saturated rings. The number of carboxylic acid groups (broad SMARTS) is 1. The van der Waals surface area contributed by atoms with Gasteiger partial charge in [0.2, 0.25) is 0 Å². The fourth-order valence-corrected chi connectivity index (χ4v) is 2.14. The third kappa shape index (κ3) is 4.72. The monoisotopic (exact) mass is 350 g/mol. The normalized spacial score (nSPS) is 10.8. The molecule has 0 atom stereocenters. The van der Waals surface area contributed by atoms with Gasteiger partial charge in [0.25, 0.3) is 0 Å². The molecule has 5 heteroatoms. The van der Waals surface area contributed by atoms with Gasteiger partial charge >= 0.3 is 5.97 Å². The maximum Gasteiger partial charge on any atom is 0.328 e. The molecule has 0 bridgehead atoms. The van der Waals surface area contributed by atoms with Crippen LogP contribution in [0.1, 0.15) is 11.1 Å². The van der Waals surface area contributed by atoms with E-state index in [4.69, 9.17) is 9.84 Å². The lowest BCUT2D eigenvalue weighted by Gasteiger charge is -2.08. The lowest BCUT2D eigenvalue weighted by atomic mass is 10.2. The molecule has 0 heterocycles. The molecule has 0 amide bonds. The highest BCUT2D eigenvalue weighted by molar-refractivity contribution is 9.10. The highest BCUT2D eigenvalue weighted by Crippen LogP contribution is 2.21. The lowest BCUT2D eigenvalue weighted by Crippen LogP contribution is -1.97. The number of hydrogen-bond donors (Lipinski definition) is 1. The minimum atomic E-state index is -1.08. The quantitative estimate of drug-likeness (QED) is 0.819. The van der Waals surface area contributed by atoms with E-state index < -0.39 is 11.8 Å². The first-order valence-corrected chi connectivity index (χ1v) is 6.92. The number of rotatable bonds is 5. The van der Waals surface area contributed by atoms with E-state index in [0.29, 0.717) is 5.56 Å². The van der Waals surface area contributed by atoms with Crippen LogP contribution < -0.4 is 4.74 Å². The Balaban J connectivity index is 2.06. The Morgan fingerprint density at radius 1 is 1.29 bits per heavy atom. The summed E-state index contributed by atoms with van der Waals surface area (Å²) in [6.45, 7) is 0.251. The van der Waals surface area contributed by atoms with Gasteiger partial charge in [0.1, 0.15) is 6.61 Å². The molecule has 0 aromatic heterocycles. The second kappa shape index (κ2) is 7.04. The van der Waals surface area contributed by atoms with Crippen LogP contribution in [0.25, 0.3) is 6.08 Å². The molecule has 0 aliphatic carbocycles. The van der Waals surface area contributed by atoms with Crippen LogP contribution in [0.3, 0.4) is 0 Å². The second-order valence-corrected chi connectivity index (χ2v) is 5.20. The highest BCUT2D eigenvalue weighted by Gasteiger charge is 2.05. The summed E-state index contributed by atoms with van der Waals surface area (Å²) in [6.07, 6.45) is 2.28. The van der Waals surface area contributed by atoms with E-state index in [9.17, 15) is 9.18 Å². The molecule has 108 valence electrons. The van der Waals surface area contributed by atoms with Gasteiger partial charge in [-0.1, -0.05) is 34.1 Å². The van der Waals surface area contributed by atoms with Crippen molar-refractivity contribution >= 4 is 28.0 Å². The van der Waals surface area contributed by atoms with Gasteiger partial charge in [-0.15, -0.1) is 0 Å². The first-order valence-electron chi connectivity index (χ1n) is 6.12. The van der Waals surface area contributed by atoms with Crippen molar-refractivity contribution in [1.82, 2.24) is 0 Å². The topological polar surface area (TPSA) is 46.5 Å². The summed E-state index contributed by atoms with van der Waals surface area (Å²) >= 11 is 3.36. The van der Waals surface area contributed by atoms with Crippen molar-refractivity contribution in [2.24, 2.45) is 0 Å². The van der Waals surface area contributed by atoms with Gasteiger partial charge in [0.15, 0.2) is 11.6 Å². The molecule has 0 aliphatic heterocycles. The Labute approximate surface area is 129 Å². The summed E-state index contributed by atoms with van der Waals surface area (Å²) in [5.74, 6) is -1.48. The van der Waals surface area contributed by atoms with E-state index in [-0.39, 0.29) is 12.4 Å². The highest BCUT2D eigenvalue weighted by atomic mass is 79.9. The van der Waals surface area contributed by atoms with E-state index in [2.05, 4.69) is 15.9 Å². The van der Waals surface area contributed by atoms with Crippen molar-refractivity contribution in [1.29, 1.82) is 0 Å². The van der Waals surface area contributed by atoms with Crippen LogP contribution in [0.5, 0.6) is 5.75 Å². The maximum absolute atomic E-state index is 13.8. The molecule has 0 radical (unpaired) electrons. The van der Waals surface area contributed by atoms with Crippen molar-refractivity contribution in [3.05, 3.63) is 70.0 Å². The summed E-state index contributed by atoms with van der Waals surface area (Å²) in [7, 11) is 0. The standard InChI is InChI=1S/C16H12BrFO3/c17-13-3-1-2-12(8-13)10-21-15-6-4-11(9-14(15)18)5-7-16(19)20/h1-9H,10H2,(H,19,20)/b7-5+. The third-order valence-electron chi connectivity index (χ3n) is 2.66. The van der Waals surface area contributed by atoms with E-state index in [1.54, 1.807) is 6.07 Å². The average Bonchev–Trinajstić information content (AvgIpc) is 2.44. The number of carbonyl (C=O) groups is 1. The van der Waals surface area contributed by atoms with Gasteiger partial charge in [-0.25, -0.2) is 9.18 Å². The number of ether oxygens (including phenoxy) is 1. The van der Waals surface area contributed by atoms with Crippen molar-refractivity contribution in [3.63, 3.8) is 0 Å². The predicted octanol–water partition coefficient (Wildman–Crippen LogP) is 4.27. The number of halogens is 2. The zero-order valence-electron chi connectivity index (χ0n) is 10.9. The van der Waals surface area contributed by atoms with Gasteiger partial charge in [0, 0.05) is 10.5 Å². The Kier molecular flexibility index (Phi) is 5.11. The lowest BCUT2D eigenvalue weighted by molar-refractivity contribution is -0.131. The maximum atomic E-state index is 13.8. The Hall–Kier alpha value is -2.14. The number of carboxylic acids is 1. The molecule has 0 saturated heterocycles. The molecule has 2 aromatic rings. The Morgan fingerprint density at radius 3 is 2.76 bits per heavy atom. The third-order valence-corrected chi connectivity index (χ3v) is 3.15. The molecule has 0 unspecified atom stereocenters. The Morgan fingerprint density at radius 2 is 2.10 bits per heavy atom. The van der Waals surface area contributed by atoms with Crippen LogP contribution in [-0.2, 0) is 11.4 Å². The summed E-state index contributed by atoms with van der Waals surface area (Å²) < 4.78 is 20.2. The van der Waals surface area contributed by atoms with Gasteiger partial charge in [0.05, 0.1) is 0 Å². The van der Waals surface area contributed by atoms with Crippen LogP contribution in [0, 0.1) is 5.82 Å². The molecule has 21 heavy (non-hydrogen) atoms. The summed E-state index contributed by atoms with van der Waals surface area (Å²) in [5, 5.41) is 8.52. The minimum Gasteiger partial charge on any atom is -0.486 e. The number of hydrogen-bond acceptors (Lipinski definition) is 2. The molecule has 2 rings (SSSR count). The van der Waals surface area contributed by atoms with Gasteiger partial charge < -0.3 is 9.84 Å². The molecule has 0 spiro atoms. The van der Waals surface area contributed by atoms with E-state index >= 15 is 0 Å². The number of aliphatic carboxylic acids is 1. The summed E-state index contributed by atoms with van der Waals surface area (Å²) in [5.41, 5.74) is 1.38. The fraction of sp³-hybridized carbons (Fsp3) is 0.0625. The molecule has 1 N–H and O–H groups in total. The molecule has 2 aromatic carbocycles. The summed E-state index contributed by atoms with van der Waals surface area (Å²) in [6, 6.07) is 11.9. The van der Waals surface area contributed by atoms with Crippen LogP contribution in [0.2, 0.25) is 0 Å². The van der Waals surface area contributed by atoms with Crippen LogP contribution in [0.15, 0.2) is 53.0 Å². The molecule has 0 saturated carbocycles. The molecule has 3 nitrogen and oxygen atoms in total. The van der Waals surface area contributed by atoms with E-state index in [0.717, 1.165) is 16.1 Å². The van der Waals surface area contributed by atoms with Gasteiger partial charge in [-0.2, -0.15) is 0 Å². The molecular weight excluding hydrogens is 339 g/mol. The van der Waals surface area contributed by atoms with Gasteiger partial charge in [-0.3, -0.25) is 0 Å². The average molecular weight is 351 g/mol. The number of benzene rings is 2. The smallest absolute Gasteiger partial charge is 0.328 e. The molecule has 0 aliphatic rings. The van der Waals surface area contributed by atoms with E-state index in [1.165, 1.54) is 18.2 Å². The Bertz CT molecular complexity index is 683. The van der Waals surface area contributed by atoms with Crippen molar-refractivity contribution in [2.75, 3.05) is 0 Å². The van der Waals surface area contributed by atoms with Gasteiger partial charge in [-0.05, 0) is 41.5 Å². The molecular formula is C16H12BrFO3. The van der Waals surface area contributed by atoms with Crippen LogP contribution in [-0.4, -0.2) is 11.1 Å². The summed E-state index contributed by atoms with van der Waals surface area (Å²) in [4.78, 5) is 10.4. The fourth-order valence-electron chi connectivity index (χ4n) is 1.69. The van der Waals surface area contributed by atoms with Crippen LogP contribution in [0.4, 0.5) is 4.39 Å². The first-order chi connectivity index (χ1) is 10.0. The first kappa shape index (κ1) is 15.3. The van der Waals surface area contributed by atoms with Crippen LogP contribution >= 0.6 is 15.9 Å².